The summed E-state index contributed by atoms with van der Waals surface area (Å²) in [6.45, 7) is 0. The molecule has 1 aromatic carbocycles. The summed E-state index contributed by atoms with van der Waals surface area (Å²) < 4.78 is 10.9. The van der Waals surface area contributed by atoms with E-state index >= 15 is 0 Å². The number of carbonyl (C=O) groups excluding carboxylic acids is 1. The average molecular weight is 352 g/mol. The van der Waals surface area contributed by atoms with Crippen LogP contribution in [0.2, 0.25) is 5.02 Å². The van der Waals surface area contributed by atoms with Gasteiger partial charge < -0.3 is 25.5 Å². The summed E-state index contributed by atoms with van der Waals surface area (Å²) in [5.41, 5.74) is 7.56. The number of nitrogens with one attached hydrogen (secondary N) is 2. The smallest absolute Gasteiger partial charge is 0.268 e. The van der Waals surface area contributed by atoms with Crippen molar-refractivity contribution in [3.8, 4) is 0 Å². The number of ether oxygens (including phenoxy) is 2. The van der Waals surface area contributed by atoms with E-state index in [2.05, 4.69) is 10.3 Å². The molecule has 0 radical (unpaired) electrons. The molecule has 0 saturated heterocycles. The van der Waals surface area contributed by atoms with Gasteiger partial charge in [-0.25, -0.2) is 0 Å². The maximum atomic E-state index is 12.6. The largest absolute Gasteiger partial charge is 0.379 e. The van der Waals surface area contributed by atoms with E-state index in [1.54, 1.807) is 26.4 Å². The van der Waals surface area contributed by atoms with Crippen molar-refractivity contribution in [2.45, 2.75) is 37.1 Å². The first-order valence-electron chi connectivity index (χ1n) is 7.92. The van der Waals surface area contributed by atoms with Gasteiger partial charge in [0.25, 0.3) is 5.91 Å². The molecule has 130 valence electrons. The lowest BCUT2D eigenvalue weighted by atomic mass is 9.86. The zero-order valence-electron chi connectivity index (χ0n) is 13.7. The molecule has 2 aromatic rings. The number of nitrogens with two attached hydrogens (primary N) is 1. The topological polar surface area (TPSA) is 89.4 Å². The van der Waals surface area contributed by atoms with E-state index in [1.165, 1.54) is 0 Å². The lowest BCUT2D eigenvalue weighted by molar-refractivity contribution is -0.0684. The van der Waals surface area contributed by atoms with Crippen molar-refractivity contribution in [1.82, 2.24) is 10.3 Å². The third kappa shape index (κ3) is 3.42. The maximum Gasteiger partial charge on any atom is 0.268 e. The van der Waals surface area contributed by atoms with Crippen molar-refractivity contribution < 1.29 is 14.3 Å². The van der Waals surface area contributed by atoms with Gasteiger partial charge in [0.15, 0.2) is 0 Å². The van der Waals surface area contributed by atoms with Gasteiger partial charge in [-0.2, -0.15) is 0 Å². The molecule has 1 aliphatic rings. The zero-order chi connectivity index (χ0) is 17.3. The SMILES string of the molecule is CO[C@H]1C[C@H](N)[C@H](NC(=O)c2cc3cc(Cl)ccc3[nH]2)C[C@H]1OC. The first kappa shape index (κ1) is 17.2. The number of carbonyl (C=O) groups is 1. The van der Waals surface area contributed by atoms with Crippen LogP contribution < -0.4 is 11.1 Å². The Labute approximate surface area is 145 Å². The average Bonchev–Trinajstić information content (AvgIpc) is 2.99. The third-order valence-electron chi connectivity index (χ3n) is 4.67. The monoisotopic (exact) mass is 351 g/mol. The van der Waals surface area contributed by atoms with E-state index in [-0.39, 0.29) is 30.2 Å². The number of hydrogen-bond acceptors (Lipinski definition) is 4. The fourth-order valence-electron chi connectivity index (χ4n) is 3.30. The predicted octanol–water partition coefficient (Wildman–Crippen LogP) is 2.07. The van der Waals surface area contributed by atoms with E-state index in [0.717, 1.165) is 10.9 Å². The van der Waals surface area contributed by atoms with Gasteiger partial charge in [-0.05, 0) is 37.1 Å². The number of halogens is 1. The Balaban J connectivity index is 1.73. The summed E-state index contributed by atoms with van der Waals surface area (Å²) in [5.74, 6) is -0.187. The highest BCUT2D eigenvalue weighted by Crippen LogP contribution is 2.24. The molecule has 3 rings (SSSR count). The van der Waals surface area contributed by atoms with E-state index < -0.39 is 0 Å². The number of benzene rings is 1. The molecule has 0 aliphatic heterocycles. The van der Waals surface area contributed by atoms with Crippen LogP contribution in [0.25, 0.3) is 10.9 Å². The van der Waals surface area contributed by atoms with Crippen LogP contribution in [0.5, 0.6) is 0 Å². The lowest BCUT2D eigenvalue weighted by Gasteiger charge is -2.38. The molecule has 1 amide bonds. The molecule has 24 heavy (non-hydrogen) atoms. The number of aromatic nitrogens is 1. The van der Waals surface area contributed by atoms with Gasteiger partial charge in [0.1, 0.15) is 5.69 Å². The standard InChI is InChI=1S/C17H22ClN3O3/c1-23-15-7-11(19)13(8-16(15)24-2)21-17(22)14-6-9-5-10(18)3-4-12(9)20-14/h3-6,11,13,15-16,20H,7-8,19H2,1-2H3,(H,21,22)/t11-,13+,15-,16+/m0/s1. The second-order valence-electron chi connectivity index (χ2n) is 6.18. The summed E-state index contributed by atoms with van der Waals surface area (Å²) in [6, 6.07) is 6.91. The third-order valence-corrected chi connectivity index (χ3v) is 4.91. The molecular weight excluding hydrogens is 330 g/mol. The van der Waals surface area contributed by atoms with Gasteiger partial charge in [0.05, 0.1) is 12.2 Å². The van der Waals surface area contributed by atoms with Crippen molar-refractivity contribution in [3.05, 3.63) is 35.0 Å². The Kier molecular flexibility index (Phi) is 5.10. The quantitative estimate of drug-likeness (QED) is 0.786. The predicted molar refractivity (Wildman–Crippen MR) is 93.4 cm³/mol. The molecule has 1 fully saturated rings. The number of rotatable bonds is 4. The Morgan fingerprint density at radius 2 is 1.96 bits per heavy atom. The van der Waals surface area contributed by atoms with E-state index in [1.807, 2.05) is 12.1 Å². The van der Waals surface area contributed by atoms with Crippen LogP contribution in [0.1, 0.15) is 23.3 Å². The molecule has 0 unspecified atom stereocenters. The van der Waals surface area contributed by atoms with Gasteiger partial charge in [0.2, 0.25) is 0 Å². The van der Waals surface area contributed by atoms with Gasteiger partial charge in [-0.15, -0.1) is 0 Å². The minimum Gasteiger partial charge on any atom is -0.379 e. The molecule has 1 heterocycles. The zero-order valence-corrected chi connectivity index (χ0v) is 14.5. The van der Waals surface area contributed by atoms with Crippen LogP contribution in [0, 0.1) is 0 Å². The normalized spacial score (nSPS) is 27.3. The van der Waals surface area contributed by atoms with Gasteiger partial charge in [0, 0.05) is 42.2 Å². The minimum absolute atomic E-state index is 0.0478. The number of aromatic amines is 1. The Morgan fingerprint density at radius 1 is 1.25 bits per heavy atom. The van der Waals surface area contributed by atoms with Crippen molar-refractivity contribution in [2.24, 2.45) is 5.73 Å². The molecule has 1 aliphatic carbocycles. The Bertz CT molecular complexity index is 733. The summed E-state index contributed by atoms with van der Waals surface area (Å²) >= 11 is 5.98. The highest BCUT2D eigenvalue weighted by molar-refractivity contribution is 6.31. The van der Waals surface area contributed by atoms with Crippen LogP contribution in [0.3, 0.4) is 0 Å². The van der Waals surface area contributed by atoms with E-state index in [9.17, 15) is 4.79 Å². The Hall–Kier alpha value is -1.60. The summed E-state index contributed by atoms with van der Waals surface area (Å²) in [7, 11) is 3.30. The highest BCUT2D eigenvalue weighted by atomic mass is 35.5. The van der Waals surface area contributed by atoms with Crippen LogP contribution in [-0.2, 0) is 9.47 Å². The van der Waals surface area contributed by atoms with Crippen molar-refractivity contribution >= 4 is 28.4 Å². The molecule has 7 heteroatoms. The van der Waals surface area contributed by atoms with Crippen molar-refractivity contribution in [3.63, 3.8) is 0 Å². The number of H-pyrrole nitrogens is 1. The maximum absolute atomic E-state index is 12.6. The second kappa shape index (κ2) is 7.11. The second-order valence-corrected chi connectivity index (χ2v) is 6.61. The number of hydrogen-bond donors (Lipinski definition) is 3. The minimum atomic E-state index is -0.187. The lowest BCUT2D eigenvalue weighted by Crippen LogP contribution is -2.57. The fraction of sp³-hybridized carbons (Fsp3) is 0.471. The first-order valence-corrected chi connectivity index (χ1v) is 8.30. The highest BCUT2D eigenvalue weighted by Gasteiger charge is 2.36. The number of fused-ring (bicyclic) bond motifs is 1. The van der Waals surface area contributed by atoms with Crippen molar-refractivity contribution in [1.29, 1.82) is 0 Å². The van der Waals surface area contributed by atoms with Crippen molar-refractivity contribution in [2.75, 3.05) is 14.2 Å². The molecule has 4 N–H and O–H groups in total. The number of methoxy groups -OCH3 is 2. The van der Waals surface area contributed by atoms with Crippen LogP contribution in [-0.4, -0.2) is 49.4 Å². The molecule has 0 spiro atoms. The first-order chi connectivity index (χ1) is 11.5. The van der Waals surface area contributed by atoms with Gasteiger partial charge in [-0.3, -0.25) is 4.79 Å². The van der Waals surface area contributed by atoms with Crippen LogP contribution in [0.15, 0.2) is 24.3 Å². The molecule has 1 aromatic heterocycles. The molecule has 4 atom stereocenters. The Morgan fingerprint density at radius 3 is 2.67 bits per heavy atom. The molecular formula is C17H22ClN3O3. The number of amides is 1. The fourth-order valence-corrected chi connectivity index (χ4v) is 3.48. The summed E-state index contributed by atoms with van der Waals surface area (Å²) in [5, 5.41) is 4.54. The van der Waals surface area contributed by atoms with Crippen LogP contribution in [0.4, 0.5) is 0 Å². The molecule has 0 bridgehead atoms. The summed E-state index contributed by atoms with van der Waals surface area (Å²) in [6.07, 6.45) is 1.13. The molecule has 1 saturated carbocycles. The van der Waals surface area contributed by atoms with Gasteiger partial charge >= 0.3 is 0 Å². The summed E-state index contributed by atoms with van der Waals surface area (Å²) in [4.78, 5) is 15.7. The van der Waals surface area contributed by atoms with E-state index in [0.29, 0.717) is 23.6 Å². The molecule has 6 nitrogen and oxygen atoms in total. The van der Waals surface area contributed by atoms with E-state index in [4.69, 9.17) is 26.8 Å². The van der Waals surface area contributed by atoms with Gasteiger partial charge in [-0.1, -0.05) is 11.6 Å². The van der Waals surface area contributed by atoms with Crippen LogP contribution >= 0.6 is 11.6 Å².